The summed E-state index contributed by atoms with van der Waals surface area (Å²) < 4.78 is 13.4. The Morgan fingerprint density at radius 3 is 2.12 bits per heavy atom. The van der Waals surface area contributed by atoms with Crippen LogP contribution in [-0.2, 0) is 6.42 Å². The Bertz CT molecular complexity index is 1370. The Morgan fingerprint density at radius 2 is 1.35 bits per heavy atom. The molecule has 4 nitrogen and oxygen atoms in total. The van der Waals surface area contributed by atoms with Crippen molar-refractivity contribution in [3.05, 3.63) is 121 Å². The zero-order chi connectivity index (χ0) is 23.2. The molecule has 5 heteroatoms. The van der Waals surface area contributed by atoms with Gasteiger partial charge in [0.25, 0.3) is 0 Å². The zero-order valence-corrected chi connectivity index (χ0v) is 18.5. The fourth-order valence-electron chi connectivity index (χ4n) is 3.76. The predicted octanol–water partition coefficient (Wildman–Crippen LogP) is 6.67. The van der Waals surface area contributed by atoms with E-state index in [1.807, 2.05) is 60.7 Å². The summed E-state index contributed by atoms with van der Waals surface area (Å²) in [5.41, 5.74) is 5.65. The lowest BCUT2D eigenvalue weighted by molar-refractivity contribution is 0.628. The monoisotopic (exact) mass is 446 g/mol. The number of pyridine rings is 1. The van der Waals surface area contributed by atoms with Crippen LogP contribution in [0.5, 0.6) is 0 Å². The van der Waals surface area contributed by atoms with Crippen molar-refractivity contribution < 1.29 is 4.39 Å². The van der Waals surface area contributed by atoms with Crippen LogP contribution in [0.3, 0.4) is 0 Å². The van der Waals surface area contributed by atoms with Gasteiger partial charge in [-0.05, 0) is 35.7 Å². The minimum Gasteiger partial charge on any atom is -0.370 e. The average molecular weight is 447 g/mol. The Labute approximate surface area is 198 Å². The van der Waals surface area contributed by atoms with E-state index in [1.54, 1.807) is 24.5 Å². The van der Waals surface area contributed by atoms with Crippen molar-refractivity contribution in [1.82, 2.24) is 15.0 Å². The van der Waals surface area contributed by atoms with Gasteiger partial charge in [-0.2, -0.15) is 0 Å². The molecule has 0 aliphatic rings. The molecule has 0 unspecified atom stereocenters. The lowest BCUT2D eigenvalue weighted by atomic mass is 10.0. The van der Waals surface area contributed by atoms with Crippen molar-refractivity contribution in [3.63, 3.8) is 0 Å². The van der Waals surface area contributed by atoms with Crippen molar-refractivity contribution in [3.8, 4) is 33.8 Å². The maximum atomic E-state index is 13.4. The summed E-state index contributed by atoms with van der Waals surface area (Å²) in [4.78, 5) is 14.0. The molecule has 0 aliphatic heterocycles. The fraction of sp³-hybridized carbons (Fsp3) is 0.0690. The molecule has 34 heavy (non-hydrogen) atoms. The molecule has 0 spiro atoms. The Morgan fingerprint density at radius 1 is 0.647 bits per heavy atom. The van der Waals surface area contributed by atoms with E-state index in [0.29, 0.717) is 5.82 Å². The first kappa shape index (κ1) is 21.5. The third-order valence-corrected chi connectivity index (χ3v) is 5.53. The van der Waals surface area contributed by atoms with Crippen LogP contribution in [0.15, 0.2) is 109 Å². The van der Waals surface area contributed by atoms with Crippen LogP contribution in [0.2, 0.25) is 0 Å². The minimum atomic E-state index is -0.262. The molecule has 2 aromatic heterocycles. The number of hydrogen-bond donors (Lipinski definition) is 1. The van der Waals surface area contributed by atoms with Gasteiger partial charge in [0.15, 0.2) is 5.82 Å². The molecule has 3 aromatic carbocycles. The minimum absolute atomic E-state index is 0.262. The highest BCUT2D eigenvalue weighted by Gasteiger charge is 2.10. The standard InChI is InChI=1S/C29H23FN4/c30-26-13-11-22(12-14-26)24-17-25(20-31-19-24)27-18-28(32-16-15-21-7-3-1-4-8-21)34-29(33-27)23-9-5-2-6-10-23/h1-14,17-20H,15-16H2,(H,32,33,34). The van der Waals surface area contributed by atoms with E-state index in [0.717, 1.165) is 46.7 Å². The second-order valence-electron chi connectivity index (χ2n) is 7.96. The Hall–Kier alpha value is -4.38. The number of halogens is 1. The average Bonchev–Trinajstić information content (AvgIpc) is 2.90. The topological polar surface area (TPSA) is 50.7 Å². The van der Waals surface area contributed by atoms with Gasteiger partial charge < -0.3 is 5.32 Å². The summed E-state index contributed by atoms with van der Waals surface area (Å²) in [5.74, 6) is 1.14. The molecule has 0 fully saturated rings. The van der Waals surface area contributed by atoms with Crippen LogP contribution in [0.1, 0.15) is 5.56 Å². The number of nitrogens with one attached hydrogen (secondary N) is 1. The van der Waals surface area contributed by atoms with E-state index < -0.39 is 0 Å². The van der Waals surface area contributed by atoms with Crippen LogP contribution in [0, 0.1) is 5.82 Å². The zero-order valence-electron chi connectivity index (χ0n) is 18.5. The maximum Gasteiger partial charge on any atom is 0.162 e. The third-order valence-electron chi connectivity index (χ3n) is 5.53. The van der Waals surface area contributed by atoms with E-state index in [9.17, 15) is 4.39 Å². The molecule has 0 saturated heterocycles. The quantitative estimate of drug-likeness (QED) is 0.303. The lowest BCUT2D eigenvalue weighted by Crippen LogP contribution is -2.08. The second kappa shape index (κ2) is 10.0. The first-order valence-electron chi connectivity index (χ1n) is 11.2. The number of nitrogens with zero attached hydrogens (tertiary/aromatic N) is 3. The molecule has 5 rings (SSSR count). The van der Waals surface area contributed by atoms with Gasteiger partial charge in [-0.15, -0.1) is 0 Å². The van der Waals surface area contributed by atoms with Crippen LogP contribution in [0.25, 0.3) is 33.8 Å². The fourth-order valence-corrected chi connectivity index (χ4v) is 3.76. The van der Waals surface area contributed by atoms with Crippen LogP contribution >= 0.6 is 0 Å². The molecule has 166 valence electrons. The van der Waals surface area contributed by atoms with Gasteiger partial charge in [-0.3, -0.25) is 4.98 Å². The highest BCUT2D eigenvalue weighted by molar-refractivity contribution is 5.72. The van der Waals surface area contributed by atoms with Crippen LogP contribution < -0.4 is 5.32 Å². The van der Waals surface area contributed by atoms with Crippen molar-refractivity contribution in [1.29, 1.82) is 0 Å². The summed E-state index contributed by atoms with van der Waals surface area (Å²) in [5, 5.41) is 3.45. The maximum absolute atomic E-state index is 13.4. The van der Waals surface area contributed by atoms with E-state index >= 15 is 0 Å². The molecule has 0 amide bonds. The van der Waals surface area contributed by atoms with Crippen molar-refractivity contribution >= 4 is 5.82 Å². The highest BCUT2D eigenvalue weighted by atomic mass is 19.1. The summed E-state index contributed by atoms with van der Waals surface area (Å²) in [7, 11) is 0. The molecule has 1 N–H and O–H groups in total. The normalized spacial score (nSPS) is 10.7. The van der Waals surface area contributed by atoms with E-state index in [2.05, 4.69) is 22.4 Å². The van der Waals surface area contributed by atoms with E-state index in [-0.39, 0.29) is 5.82 Å². The van der Waals surface area contributed by atoms with Crippen LogP contribution in [0.4, 0.5) is 10.2 Å². The number of hydrogen-bond acceptors (Lipinski definition) is 4. The second-order valence-corrected chi connectivity index (χ2v) is 7.96. The Balaban J connectivity index is 1.48. The van der Waals surface area contributed by atoms with Gasteiger partial charge in [-0.25, -0.2) is 14.4 Å². The summed E-state index contributed by atoms with van der Waals surface area (Å²) in [6.45, 7) is 0.753. The summed E-state index contributed by atoms with van der Waals surface area (Å²) in [6, 6.07) is 30.7. The molecule has 0 atom stereocenters. The molecule has 0 aliphatic carbocycles. The number of benzene rings is 3. The smallest absolute Gasteiger partial charge is 0.162 e. The molecule has 5 aromatic rings. The van der Waals surface area contributed by atoms with Gasteiger partial charge in [0.1, 0.15) is 11.6 Å². The SMILES string of the molecule is Fc1ccc(-c2cncc(-c3cc(NCCc4ccccc4)nc(-c4ccccc4)n3)c2)cc1. The van der Waals surface area contributed by atoms with Crippen molar-refractivity contribution in [2.75, 3.05) is 11.9 Å². The molecule has 0 bridgehead atoms. The molecular weight excluding hydrogens is 423 g/mol. The molecule has 0 saturated carbocycles. The number of anilines is 1. The highest BCUT2D eigenvalue weighted by Crippen LogP contribution is 2.27. The number of aromatic nitrogens is 3. The molecular formula is C29H23FN4. The van der Waals surface area contributed by atoms with Gasteiger partial charge in [0.2, 0.25) is 0 Å². The molecule has 0 radical (unpaired) electrons. The lowest BCUT2D eigenvalue weighted by Gasteiger charge is -2.11. The van der Waals surface area contributed by atoms with Gasteiger partial charge in [0.05, 0.1) is 5.69 Å². The van der Waals surface area contributed by atoms with Crippen molar-refractivity contribution in [2.24, 2.45) is 0 Å². The third kappa shape index (κ3) is 5.15. The number of rotatable bonds is 7. The largest absolute Gasteiger partial charge is 0.370 e. The Kier molecular flexibility index (Phi) is 6.34. The summed E-state index contributed by atoms with van der Waals surface area (Å²) in [6.07, 6.45) is 4.45. The van der Waals surface area contributed by atoms with Gasteiger partial charge in [-0.1, -0.05) is 72.8 Å². The molecule has 2 heterocycles. The van der Waals surface area contributed by atoms with E-state index in [4.69, 9.17) is 9.97 Å². The summed E-state index contributed by atoms with van der Waals surface area (Å²) >= 11 is 0. The van der Waals surface area contributed by atoms with Gasteiger partial charge >= 0.3 is 0 Å². The van der Waals surface area contributed by atoms with Crippen molar-refractivity contribution in [2.45, 2.75) is 6.42 Å². The predicted molar refractivity (Wildman–Crippen MR) is 135 cm³/mol. The van der Waals surface area contributed by atoms with E-state index in [1.165, 1.54) is 17.7 Å². The first-order valence-corrected chi connectivity index (χ1v) is 11.2. The van der Waals surface area contributed by atoms with Gasteiger partial charge in [0, 0.05) is 41.7 Å². The first-order chi connectivity index (χ1) is 16.7. The van der Waals surface area contributed by atoms with Crippen LogP contribution in [-0.4, -0.2) is 21.5 Å².